The van der Waals surface area contributed by atoms with Crippen molar-refractivity contribution in [3.63, 3.8) is 0 Å². The minimum atomic E-state index is 0.203. The molecule has 0 saturated heterocycles. The zero-order valence-corrected chi connectivity index (χ0v) is 12.6. The number of nitrogens with one attached hydrogen (secondary N) is 1. The zero-order chi connectivity index (χ0) is 14.5. The number of rotatable bonds is 5. The van der Waals surface area contributed by atoms with Crippen molar-refractivity contribution in [2.24, 2.45) is 0 Å². The molecule has 0 aliphatic rings. The van der Waals surface area contributed by atoms with Crippen molar-refractivity contribution in [2.75, 3.05) is 12.4 Å². The van der Waals surface area contributed by atoms with E-state index >= 15 is 0 Å². The molecular formula is C17H22N2O. The van der Waals surface area contributed by atoms with Gasteiger partial charge in [-0.05, 0) is 36.1 Å². The van der Waals surface area contributed by atoms with Crippen molar-refractivity contribution in [3.05, 3.63) is 53.7 Å². The van der Waals surface area contributed by atoms with Gasteiger partial charge in [0.1, 0.15) is 0 Å². The van der Waals surface area contributed by atoms with Crippen molar-refractivity contribution in [1.82, 2.24) is 4.98 Å². The van der Waals surface area contributed by atoms with E-state index in [1.54, 1.807) is 13.3 Å². The van der Waals surface area contributed by atoms with Crippen LogP contribution in [0.4, 0.5) is 5.69 Å². The molecule has 1 aromatic carbocycles. The first kappa shape index (κ1) is 14.4. The highest BCUT2D eigenvalue weighted by molar-refractivity contribution is 5.53. The predicted molar refractivity (Wildman–Crippen MR) is 83.4 cm³/mol. The summed E-state index contributed by atoms with van der Waals surface area (Å²) >= 11 is 0. The summed E-state index contributed by atoms with van der Waals surface area (Å²) in [7, 11) is 1.63. The van der Waals surface area contributed by atoms with E-state index < -0.39 is 0 Å². The van der Waals surface area contributed by atoms with Crippen molar-refractivity contribution < 1.29 is 4.74 Å². The maximum Gasteiger partial charge on any atom is 0.237 e. The molecule has 0 radical (unpaired) electrons. The number of nitrogens with zero attached hydrogens (tertiary/aromatic N) is 1. The maximum absolute atomic E-state index is 5.26. The molecule has 1 N–H and O–H groups in total. The van der Waals surface area contributed by atoms with Crippen molar-refractivity contribution >= 4 is 5.69 Å². The van der Waals surface area contributed by atoms with Gasteiger partial charge >= 0.3 is 0 Å². The largest absolute Gasteiger partial charge is 0.480 e. The van der Waals surface area contributed by atoms with Gasteiger partial charge in [0.2, 0.25) is 5.88 Å². The molecule has 0 fully saturated rings. The lowest BCUT2D eigenvalue weighted by Crippen LogP contribution is -2.08. The number of anilines is 1. The summed E-state index contributed by atoms with van der Waals surface area (Å²) in [5.41, 5.74) is 3.52. The first-order chi connectivity index (χ1) is 9.61. The van der Waals surface area contributed by atoms with Gasteiger partial charge in [-0.25, -0.2) is 4.98 Å². The summed E-state index contributed by atoms with van der Waals surface area (Å²) in [6.45, 7) is 6.55. The standard InChI is InChI=1S/C17H22N2O/c1-12(2)14-7-9-15(10-8-14)13(3)19-16-6-5-11-18-17(16)20-4/h5-13,19H,1-4H3. The van der Waals surface area contributed by atoms with Gasteiger partial charge < -0.3 is 10.1 Å². The van der Waals surface area contributed by atoms with Crippen LogP contribution in [0.25, 0.3) is 0 Å². The summed E-state index contributed by atoms with van der Waals surface area (Å²) in [5, 5.41) is 3.44. The van der Waals surface area contributed by atoms with Crippen molar-refractivity contribution in [1.29, 1.82) is 0 Å². The van der Waals surface area contributed by atoms with Gasteiger partial charge in [-0.2, -0.15) is 0 Å². The number of aromatic nitrogens is 1. The van der Waals surface area contributed by atoms with Crippen LogP contribution in [0.1, 0.15) is 43.9 Å². The molecule has 1 aromatic heterocycles. The fraction of sp³-hybridized carbons (Fsp3) is 0.353. The molecule has 0 amide bonds. The molecule has 0 spiro atoms. The average molecular weight is 270 g/mol. The second kappa shape index (κ2) is 6.42. The number of benzene rings is 1. The molecule has 3 nitrogen and oxygen atoms in total. The van der Waals surface area contributed by atoms with Crippen LogP contribution in [-0.4, -0.2) is 12.1 Å². The third-order valence-electron chi connectivity index (χ3n) is 3.44. The quantitative estimate of drug-likeness (QED) is 0.875. The second-order valence-corrected chi connectivity index (χ2v) is 5.25. The van der Waals surface area contributed by atoms with Crippen LogP contribution in [0, 0.1) is 0 Å². The number of hydrogen-bond acceptors (Lipinski definition) is 3. The van der Waals surface area contributed by atoms with Crippen LogP contribution in [0.2, 0.25) is 0 Å². The van der Waals surface area contributed by atoms with E-state index in [0.717, 1.165) is 5.69 Å². The molecule has 106 valence electrons. The van der Waals surface area contributed by atoms with Gasteiger partial charge in [0.15, 0.2) is 0 Å². The van der Waals surface area contributed by atoms with E-state index in [1.165, 1.54) is 11.1 Å². The van der Waals surface area contributed by atoms with E-state index in [1.807, 2.05) is 12.1 Å². The van der Waals surface area contributed by atoms with Gasteiger partial charge in [0, 0.05) is 12.2 Å². The minimum absolute atomic E-state index is 0.203. The highest BCUT2D eigenvalue weighted by Crippen LogP contribution is 2.26. The molecule has 2 rings (SSSR count). The Labute approximate surface area is 121 Å². The highest BCUT2D eigenvalue weighted by atomic mass is 16.5. The molecular weight excluding hydrogens is 248 g/mol. The molecule has 0 saturated carbocycles. The topological polar surface area (TPSA) is 34.1 Å². The van der Waals surface area contributed by atoms with E-state index in [0.29, 0.717) is 11.8 Å². The molecule has 1 heterocycles. The molecule has 0 aliphatic heterocycles. The minimum Gasteiger partial charge on any atom is -0.480 e. The van der Waals surface area contributed by atoms with E-state index in [2.05, 4.69) is 55.3 Å². The Bertz CT molecular complexity index is 549. The monoisotopic (exact) mass is 270 g/mol. The summed E-state index contributed by atoms with van der Waals surface area (Å²) in [4.78, 5) is 4.20. The number of ether oxygens (including phenoxy) is 1. The van der Waals surface area contributed by atoms with Crippen LogP contribution in [-0.2, 0) is 0 Å². The van der Waals surface area contributed by atoms with Crippen molar-refractivity contribution in [2.45, 2.75) is 32.7 Å². The van der Waals surface area contributed by atoms with Gasteiger partial charge in [0.25, 0.3) is 0 Å². The molecule has 3 heteroatoms. The number of methoxy groups -OCH3 is 1. The molecule has 1 unspecified atom stereocenters. The van der Waals surface area contributed by atoms with Gasteiger partial charge in [-0.3, -0.25) is 0 Å². The number of pyridine rings is 1. The van der Waals surface area contributed by atoms with Gasteiger partial charge in [0.05, 0.1) is 12.8 Å². The lowest BCUT2D eigenvalue weighted by atomic mass is 9.99. The zero-order valence-electron chi connectivity index (χ0n) is 12.6. The first-order valence-electron chi connectivity index (χ1n) is 6.97. The fourth-order valence-electron chi connectivity index (χ4n) is 2.15. The second-order valence-electron chi connectivity index (χ2n) is 5.25. The highest BCUT2D eigenvalue weighted by Gasteiger charge is 2.09. The predicted octanol–water partition coefficient (Wildman–Crippen LogP) is 4.39. The van der Waals surface area contributed by atoms with E-state index in [9.17, 15) is 0 Å². The average Bonchev–Trinajstić information content (AvgIpc) is 2.48. The summed E-state index contributed by atoms with van der Waals surface area (Å²) in [5.74, 6) is 1.18. The Kier molecular flexibility index (Phi) is 4.61. The first-order valence-corrected chi connectivity index (χ1v) is 6.97. The van der Waals surface area contributed by atoms with Gasteiger partial charge in [-0.15, -0.1) is 0 Å². The van der Waals surface area contributed by atoms with Crippen LogP contribution in [0.5, 0.6) is 5.88 Å². The Morgan fingerprint density at radius 3 is 2.25 bits per heavy atom. The maximum atomic E-state index is 5.26. The SMILES string of the molecule is COc1ncccc1NC(C)c1ccc(C(C)C)cc1. The van der Waals surface area contributed by atoms with Crippen molar-refractivity contribution in [3.8, 4) is 5.88 Å². The Morgan fingerprint density at radius 1 is 1.00 bits per heavy atom. The number of hydrogen-bond donors (Lipinski definition) is 1. The van der Waals surface area contributed by atoms with Crippen LogP contribution in [0.3, 0.4) is 0 Å². The Balaban J connectivity index is 2.13. The summed E-state index contributed by atoms with van der Waals surface area (Å²) in [6.07, 6.45) is 1.73. The fourth-order valence-corrected chi connectivity index (χ4v) is 2.15. The van der Waals surface area contributed by atoms with Crippen LogP contribution in [0.15, 0.2) is 42.6 Å². The van der Waals surface area contributed by atoms with Crippen LogP contribution < -0.4 is 10.1 Å². The van der Waals surface area contributed by atoms with E-state index in [4.69, 9.17) is 4.74 Å². The summed E-state index contributed by atoms with van der Waals surface area (Å²) < 4.78 is 5.26. The smallest absolute Gasteiger partial charge is 0.237 e. The van der Waals surface area contributed by atoms with Crippen LogP contribution >= 0.6 is 0 Å². The lowest BCUT2D eigenvalue weighted by molar-refractivity contribution is 0.399. The molecule has 2 aromatic rings. The molecule has 20 heavy (non-hydrogen) atoms. The Morgan fingerprint density at radius 2 is 1.65 bits per heavy atom. The third kappa shape index (κ3) is 3.29. The molecule has 1 atom stereocenters. The lowest BCUT2D eigenvalue weighted by Gasteiger charge is -2.18. The normalized spacial score (nSPS) is 12.2. The molecule has 0 aliphatic carbocycles. The van der Waals surface area contributed by atoms with Gasteiger partial charge in [-0.1, -0.05) is 38.1 Å². The molecule has 0 bridgehead atoms. The third-order valence-corrected chi connectivity index (χ3v) is 3.44. The van der Waals surface area contributed by atoms with E-state index in [-0.39, 0.29) is 6.04 Å². The Hall–Kier alpha value is -2.03. The summed E-state index contributed by atoms with van der Waals surface area (Å²) in [6, 6.07) is 12.8.